The predicted octanol–water partition coefficient (Wildman–Crippen LogP) is 5.20. The summed E-state index contributed by atoms with van der Waals surface area (Å²) in [6.07, 6.45) is -14.6. The number of benzene rings is 1. The van der Waals surface area contributed by atoms with E-state index in [-0.39, 0.29) is 49.7 Å². The summed E-state index contributed by atoms with van der Waals surface area (Å²) in [6, 6.07) is 1.81. The zero-order valence-electron chi connectivity index (χ0n) is 41.3. The van der Waals surface area contributed by atoms with E-state index in [4.69, 9.17) is 40.0 Å². The molecule has 3 heterocycles. The second kappa shape index (κ2) is 22.4. The number of carbonyl (C=O) groups is 2. The SMILES string of the molecule is CCC[C@H]1OC(=O)[C@H](C)[C@@H](O[C@H]2C[C@@](C)(OC)[C@](O)(CCl)[C@H](C)O2)[C@H](C)[C@@H](O[C@@H]2O[C@H](C)C[C@H](N(C)C(=O)N(C)c3ccc(C(F)(F)F)cc3)[C@H]2O)[C@](C)(O)C[C@@H](C)CN[C@H](C)[C@@H](O)[C@]1(C)O. The maximum Gasteiger partial charge on any atom is 0.416 e. The molecule has 2 amide bonds. The van der Waals surface area contributed by atoms with Gasteiger partial charge in [-0.15, -0.1) is 11.6 Å². The number of alkyl halides is 4. The Morgan fingerprint density at radius 1 is 0.970 bits per heavy atom. The molecule has 0 aliphatic carbocycles. The number of halogens is 4. The Bertz CT molecular complexity index is 1780. The summed E-state index contributed by atoms with van der Waals surface area (Å²) in [5.74, 6) is -3.52. The van der Waals surface area contributed by atoms with Gasteiger partial charge in [0.2, 0.25) is 0 Å². The van der Waals surface area contributed by atoms with E-state index in [1.807, 2.05) is 13.8 Å². The molecule has 6 N–H and O–H groups in total. The second-order valence-electron chi connectivity index (χ2n) is 20.1. The van der Waals surface area contributed by atoms with Crippen molar-refractivity contribution in [2.45, 2.75) is 197 Å². The van der Waals surface area contributed by atoms with Crippen molar-refractivity contribution >= 4 is 29.3 Å². The van der Waals surface area contributed by atoms with Gasteiger partial charge in [-0.2, -0.15) is 13.2 Å². The number of ether oxygens (including phenoxy) is 6. The highest BCUT2D eigenvalue weighted by Crippen LogP contribution is 2.44. The van der Waals surface area contributed by atoms with Crippen molar-refractivity contribution in [1.29, 1.82) is 0 Å². The molecule has 1 aromatic carbocycles. The van der Waals surface area contributed by atoms with Gasteiger partial charge in [0.25, 0.3) is 0 Å². The van der Waals surface area contributed by atoms with E-state index in [2.05, 4.69) is 5.32 Å². The minimum atomic E-state index is -4.57. The van der Waals surface area contributed by atoms with Crippen molar-refractivity contribution in [3.8, 4) is 0 Å². The number of hydrogen-bond acceptors (Lipinski definition) is 14. The lowest BCUT2D eigenvalue weighted by atomic mass is 9.76. The number of likely N-dealkylation sites (N-methyl/N-ethyl adjacent to an activating group) is 1. The smallest absolute Gasteiger partial charge is 0.416 e. The van der Waals surface area contributed by atoms with Gasteiger partial charge in [0, 0.05) is 45.3 Å². The Labute approximate surface area is 398 Å². The Hall–Kier alpha value is -2.40. The maximum atomic E-state index is 14.5. The van der Waals surface area contributed by atoms with Crippen LogP contribution in [0.4, 0.5) is 23.7 Å². The first-order valence-electron chi connectivity index (χ1n) is 23.3. The van der Waals surface area contributed by atoms with E-state index in [1.165, 1.54) is 45.2 Å². The zero-order chi connectivity index (χ0) is 50.8. The van der Waals surface area contributed by atoms with Crippen LogP contribution in [0.25, 0.3) is 0 Å². The number of hydrogen-bond donors (Lipinski definition) is 6. The lowest BCUT2D eigenvalue weighted by Crippen LogP contribution is -2.67. The molecule has 0 aromatic heterocycles. The van der Waals surface area contributed by atoms with Gasteiger partial charge in [0.05, 0.1) is 53.4 Å². The zero-order valence-corrected chi connectivity index (χ0v) is 42.0. The molecular weight excluding hydrogens is 907 g/mol. The summed E-state index contributed by atoms with van der Waals surface area (Å²) in [6.45, 7) is 16.9. The second-order valence-corrected chi connectivity index (χ2v) is 20.3. The van der Waals surface area contributed by atoms with Gasteiger partial charge >= 0.3 is 18.2 Å². The topological polar surface area (TPSA) is 209 Å². The molecular formula is C47H77ClF3N3O13. The Balaban J connectivity index is 1.79. The number of nitrogens with one attached hydrogen (secondary N) is 1. The van der Waals surface area contributed by atoms with Crippen LogP contribution >= 0.6 is 11.6 Å². The summed E-state index contributed by atoms with van der Waals surface area (Å²) >= 11 is 6.30. The molecule has 3 fully saturated rings. The fraction of sp³-hybridized carbons (Fsp3) is 0.830. The molecule has 0 radical (unpaired) electrons. The van der Waals surface area contributed by atoms with Crippen LogP contribution in [-0.4, -0.2) is 166 Å². The molecule has 67 heavy (non-hydrogen) atoms. The minimum absolute atomic E-state index is 0.0534. The van der Waals surface area contributed by atoms with E-state index in [0.29, 0.717) is 6.42 Å². The van der Waals surface area contributed by atoms with E-state index in [1.54, 1.807) is 48.5 Å². The molecule has 0 spiro atoms. The number of esters is 1. The van der Waals surface area contributed by atoms with Crippen LogP contribution in [0.2, 0.25) is 0 Å². The molecule has 4 rings (SSSR count). The van der Waals surface area contributed by atoms with E-state index in [9.17, 15) is 48.3 Å². The standard InChI is InChI=1S/C47H77ClF3N3O13/c1-14-15-34-45(10,60)38(56)29(6)52-23-25(2)21-43(8,59)39(27(4)37(28(5)40(57)65-34)66-35-22-44(9,62-13)46(61,24-48)30(7)64-35)67-41-36(55)33(20-26(3)63-41)54(12)42(58)53(11)32-18-16-31(17-19-32)47(49,50)51/h16-19,25-30,33-39,41,52,55-56,59-61H,14-15,20-24H2,1-13H3/t25-,26-,27+,28-,29-,30+,33+,34-,35+,36-,37+,38-,39-,41+,43-,44-,45-,46+/m1/s1. The first-order valence-corrected chi connectivity index (χ1v) is 23.8. The highest BCUT2D eigenvalue weighted by Gasteiger charge is 2.58. The molecule has 20 heteroatoms. The number of aliphatic hydroxyl groups is 5. The molecule has 3 aliphatic heterocycles. The number of nitrogens with zero attached hydrogens (tertiary/aromatic N) is 2. The normalized spacial score (nSPS) is 42.0. The predicted molar refractivity (Wildman–Crippen MR) is 243 cm³/mol. The van der Waals surface area contributed by atoms with Gasteiger partial charge in [-0.1, -0.05) is 27.2 Å². The highest BCUT2D eigenvalue weighted by atomic mass is 35.5. The van der Waals surface area contributed by atoms with E-state index in [0.717, 1.165) is 17.0 Å². The van der Waals surface area contributed by atoms with Crippen LogP contribution in [0.1, 0.15) is 107 Å². The lowest BCUT2D eigenvalue weighted by Gasteiger charge is -2.53. The number of methoxy groups -OCH3 is 1. The van der Waals surface area contributed by atoms with Crippen molar-refractivity contribution < 1.29 is 76.7 Å². The van der Waals surface area contributed by atoms with Gasteiger partial charge in [-0.25, -0.2) is 4.79 Å². The first kappa shape index (κ1) is 57.2. The third kappa shape index (κ3) is 12.6. The third-order valence-electron chi connectivity index (χ3n) is 14.6. The fourth-order valence-electron chi connectivity index (χ4n) is 10.0. The largest absolute Gasteiger partial charge is 0.459 e. The highest BCUT2D eigenvalue weighted by molar-refractivity contribution is 6.18. The molecule has 386 valence electrons. The molecule has 18 atom stereocenters. The summed E-state index contributed by atoms with van der Waals surface area (Å²) < 4.78 is 77.9. The van der Waals surface area contributed by atoms with Crippen LogP contribution in [0.15, 0.2) is 24.3 Å². The van der Waals surface area contributed by atoms with Crippen LogP contribution < -0.4 is 10.2 Å². The molecule has 3 aliphatic rings. The summed E-state index contributed by atoms with van der Waals surface area (Å²) in [5.41, 5.74) is -7.35. The number of anilines is 1. The number of carbonyl (C=O) groups excluding carboxylic acids is 2. The average molecular weight is 985 g/mol. The average Bonchev–Trinajstić information content (AvgIpc) is 3.26. The van der Waals surface area contributed by atoms with Gasteiger partial charge in [-0.3, -0.25) is 9.69 Å². The fourth-order valence-corrected chi connectivity index (χ4v) is 10.5. The quantitative estimate of drug-likeness (QED) is 0.132. The monoisotopic (exact) mass is 984 g/mol. The number of rotatable bonds is 10. The van der Waals surface area contributed by atoms with E-state index < -0.39 is 125 Å². The van der Waals surface area contributed by atoms with Crippen LogP contribution in [-0.2, 0) is 39.4 Å². The summed E-state index contributed by atoms with van der Waals surface area (Å²) in [5, 5.41) is 63.1. The number of urea groups is 1. The van der Waals surface area contributed by atoms with Crippen LogP contribution in [0.3, 0.4) is 0 Å². The van der Waals surface area contributed by atoms with E-state index >= 15 is 0 Å². The Morgan fingerprint density at radius 2 is 1.58 bits per heavy atom. The molecule has 0 saturated carbocycles. The van der Waals surface area contributed by atoms with Gasteiger partial charge < -0.3 is 64.2 Å². The molecule has 1 aromatic rings. The van der Waals surface area contributed by atoms with Crippen LogP contribution in [0, 0.1) is 17.8 Å². The minimum Gasteiger partial charge on any atom is -0.459 e. The number of cyclic esters (lactones) is 1. The maximum absolute atomic E-state index is 14.5. The molecule has 3 saturated heterocycles. The van der Waals surface area contributed by atoms with Crippen molar-refractivity contribution in [3.63, 3.8) is 0 Å². The number of aliphatic hydroxyl groups excluding tert-OH is 2. The van der Waals surface area contributed by atoms with Gasteiger partial charge in [-0.05, 0) is 104 Å². The van der Waals surface area contributed by atoms with Crippen LogP contribution in [0.5, 0.6) is 0 Å². The lowest BCUT2D eigenvalue weighted by molar-refractivity contribution is -0.333. The number of amides is 2. The molecule has 0 bridgehead atoms. The third-order valence-corrected chi connectivity index (χ3v) is 15.0. The molecule has 16 nitrogen and oxygen atoms in total. The Morgan fingerprint density at radius 3 is 2.13 bits per heavy atom. The van der Waals surface area contributed by atoms with Gasteiger partial charge in [0.1, 0.15) is 35.1 Å². The molecule has 0 unspecified atom stereocenters. The van der Waals surface area contributed by atoms with Crippen molar-refractivity contribution in [3.05, 3.63) is 29.8 Å². The van der Waals surface area contributed by atoms with Gasteiger partial charge in [0.15, 0.2) is 12.6 Å². The van der Waals surface area contributed by atoms with Crippen molar-refractivity contribution in [1.82, 2.24) is 10.2 Å². The van der Waals surface area contributed by atoms with Crippen molar-refractivity contribution in [2.24, 2.45) is 17.8 Å². The summed E-state index contributed by atoms with van der Waals surface area (Å²) in [4.78, 5) is 30.9. The van der Waals surface area contributed by atoms with Crippen molar-refractivity contribution in [2.75, 3.05) is 38.5 Å². The summed E-state index contributed by atoms with van der Waals surface area (Å²) in [7, 11) is 4.27. The Kier molecular flexibility index (Phi) is 19.1. The first-order chi connectivity index (χ1) is 30.9.